The van der Waals surface area contributed by atoms with E-state index in [1.165, 1.54) is 18.3 Å². The van der Waals surface area contributed by atoms with Gasteiger partial charge in [0.15, 0.2) is 5.76 Å². The number of hydrogen-bond donors (Lipinski definition) is 0. The summed E-state index contributed by atoms with van der Waals surface area (Å²) in [6.45, 7) is 0. The van der Waals surface area contributed by atoms with Crippen LogP contribution in [0.25, 0.3) is 0 Å². The van der Waals surface area contributed by atoms with E-state index in [0.717, 1.165) is 11.4 Å². The van der Waals surface area contributed by atoms with E-state index in [9.17, 15) is 19.7 Å². The minimum absolute atomic E-state index is 0.126. The Morgan fingerprint density at radius 2 is 1.79 bits per heavy atom. The highest BCUT2D eigenvalue weighted by atomic mass is 16.6. The van der Waals surface area contributed by atoms with Crippen molar-refractivity contribution in [3.05, 3.63) is 40.2 Å². The van der Waals surface area contributed by atoms with Crippen LogP contribution in [0.3, 0.4) is 0 Å². The van der Waals surface area contributed by atoms with Crippen LogP contribution in [0.15, 0.2) is 33.8 Å². The van der Waals surface area contributed by atoms with E-state index in [-0.39, 0.29) is 41.2 Å². The maximum absolute atomic E-state index is 12.7. The lowest BCUT2D eigenvalue weighted by Gasteiger charge is -2.37. The van der Waals surface area contributed by atoms with Gasteiger partial charge >= 0.3 is 5.88 Å². The second-order valence-corrected chi connectivity index (χ2v) is 6.82. The van der Waals surface area contributed by atoms with Gasteiger partial charge in [0.2, 0.25) is 0 Å². The highest BCUT2D eigenvalue weighted by molar-refractivity contribution is 6.06. The number of hydrogen-bond acceptors (Lipinski definition) is 6. The first-order chi connectivity index (χ1) is 11.6. The molecular weight excluding hydrogens is 314 g/mol. The number of carbonyl (C=O) groups is 2. The third-order valence-corrected chi connectivity index (χ3v) is 5.73. The molecule has 2 heterocycles. The van der Waals surface area contributed by atoms with Gasteiger partial charge in [0.25, 0.3) is 11.8 Å². The van der Waals surface area contributed by atoms with Gasteiger partial charge in [-0.05, 0) is 36.2 Å². The molecule has 5 aliphatic rings. The largest absolute Gasteiger partial charge is 0.433 e. The van der Waals surface area contributed by atoms with Crippen molar-refractivity contribution in [3.63, 3.8) is 0 Å². The molecule has 1 saturated heterocycles. The van der Waals surface area contributed by atoms with Crippen molar-refractivity contribution in [1.29, 1.82) is 0 Å². The van der Waals surface area contributed by atoms with Crippen LogP contribution in [0.4, 0.5) is 5.88 Å². The van der Waals surface area contributed by atoms with Gasteiger partial charge < -0.3 is 4.42 Å². The number of nitrogens with zero attached hydrogens (tertiary/aromatic N) is 3. The predicted octanol–water partition coefficient (Wildman–Crippen LogP) is 1.57. The minimum atomic E-state index is -0.659. The second kappa shape index (κ2) is 4.40. The average molecular weight is 327 g/mol. The Labute approximate surface area is 135 Å². The third-order valence-electron chi connectivity index (χ3n) is 5.73. The Kier molecular flexibility index (Phi) is 2.50. The fourth-order valence-corrected chi connectivity index (χ4v) is 4.68. The summed E-state index contributed by atoms with van der Waals surface area (Å²) in [5.74, 6) is -0.0765. The zero-order chi connectivity index (χ0) is 16.6. The van der Waals surface area contributed by atoms with Crippen molar-refractivity contribution in [2.75, 3.05) is 0 Å². The molecule has 24 heavy (non-hydrogen) atoms. The zero-order valence-electron chi connectivity index (χ0n) is 12.4. The molecule has 0 N–H and O–H groups in total. The van der Waals surface area contributed by atoms with E-state index < -0.39 is 10.8 Å². The normalized spacial score (nSPS) is 38.8. The lowest BCUT2D eigenvalue weighted by Crippen LogP contribution is -2.40. The molecule has 8 nitrogen and oxygen atoms in total. The molecule has 4 aliphatic carbocycles. The Morgan fingerprint density at radius 3 is 2.33 bits per heavy atom. The van der Waals surface area contributed by atoms with Gasteiger partial charge in [-0.1, -0.05) is 12.2 Å². The highest BCUT2D eigenvalue weighted by Crippen LogP contribution is 2.65. The van der Waals surface area contributed by atoms with Crippen LogP contribution in [-0.2, 0) is 9.59 Å². The number of allylic oxidation sites excluding steroid dienone is 2. The molecule has 1 aliphatic heterocycles. The summed E-state index contributed by atoms with van der Waals surface area (Å²) in [7, 11) is 0. The van der Waals surface area contributed by atoms with Crippen LogP contribution in [0.5, 0.6) is 0 Å². The Hall–Kier alpha value is -2.77. The first kappa shape index (κ1) is 13.6. The maximum Gasteiger partial charge on any atom is 0.433 e. The molecule has 0 aromatic carbocycles. The Bertz CT molecular complexity index is 805. The van der Waals surface area contributed by atoms with Crippen molar-refractivity contribution in [3.8, 4) is 0 Å². The molecule has 6 atom stereocenters. The van der Waals surface area contributed by atoms with Gasteiger partial charge in [-0.3, -0.25) is 19.7 Å². The summed E-state index contributed by atoms with van der Waals surface area (Å²) in [6.07, 6.45) is 6.47. The van der Waals surface area contributed by atoms with Gasteiger partial charge in [-0.2, -0.15) is 10.1 Å². The fraction of sp³-hybridized carbons (Fsp3) is 0.438. The smallest absolute Gasteiger partial charge is 0.400 e. The van der Waals surface area contributed by atoms with E-state index in [0.29, 0.717) is 11.8 Å². The number of furan rings is 1. The van der Waals surface area contributed by atoms with Gasteiger partial charge in [-0.25, -0.2) is 0 Å². The van der Waals surface area contributed by atoms with Crippen LogP contribution in [0.2, 0.25) is 0 Å². The van der Waals surface area contributed by atoms with Gasteiger partial charge in [0.05, 0.1) is 24.1 Å². The molecular formula is C16H13N3O5. The van der Waals surface area contributed by atoms with E-state index in [2.05, 4.69) is 17.3 Å². The number of nitro groups is 1. The highest BCUT2D eigenvalue weighted by Gasteiger charge is 2.67. The number of imide groups is 1. The molecule has 0 unspecified atom stereocenters. The SMILES string of the molecule is O=C1[C@@H]2[C@H]3C=C[C@@H]([C@@H]4C[C@H]34)[C@@H]2C(=O)N1N=Cc1ccc([N+](=O)[O-])o1. The van der Waals surface area contributed by atoms with Crippen molar-refractivity contribution in [2.24, 2.45) is 40.6 Å². The molecule has 2 bridgehead atoms. The van der Waals surface area contributed by atoms with Gasteiger partial charge in [0.1, 0.15) is 4.92 Å². The van der Waals surface area contributed by atoms with Crippen LogP contribution < -0.4 is 0 Å². The molecule has 1 aromatic rings. The van der Waals surface area contributed by atoms with E-state index in [1.807, 2.05) is 0 Å². The Balaban J connectivity index is 1.42. The predicted molar refractivity (Wildman–Crippen MR) is 79.5 cm³/mol. The van der Waals surface area contributed by atoms with Crippen molar-refractivity contribution < 1.29 is 18.9 Å². The number of hydrazone groups is 1. The van der Waals surface area contributed by atoms with Gasteiger partial charge in [-0.15, -0.1) is 0 Å². The van der Waals surface area contributed by atoms with Crippen molar-refractivity contribution in [1.82, 2.24) is 5.01 Å². The lowest BCUT2D eigenvalue weighted by molar-refractivity contribution is -0.402. The molecule has 0 spiro atoms. The lowest BCUT2D eigenvalue weighted by atomic mass is 9.63. The second-order valence-electron chi connectivity index (χ2n) is 6.82. The molecule has 122 valence electrons. The van der Waals surface area contributed by atoms with E-state index in [4.69, 9.17) is 4.42 Å². The van der Waals surface area contributed by atoms with Crippen LogP contribution >= 0.6 is 0 Å². The maximum atomic E-state index is 12.7. The average Bonchev–Trinajstić information content (AvgIpc) is 3.20. The fourth-order valence-electron chi connectivity index (χ4n) is 4.68. The van der Waals surface area contributed by atoms with Crippen LogP contribution in [-0.4, -0.2) is 28.0 Å². The molecule has 8 heteroatoms. The summed E-state index contributed by atoms with van der Waals surface area (Å²) in [4.78, 5) is 35.3. The van der Waals surface area contributed by atoms with Crippen LogP contribution in [0.1, 0.15) is 12.2 Å². The molecule has 6 rings (SSSR count). The van der Waals surface area contributed by atoms with Crippen molar-refractivity contribution >= 4 is 23.9 Å². The zero-order valence-corrected chi connectivity index (χ0v) is 12.4. The van der Waals surface area contributed by atoms with E-state index in [1.54, 1.807) is 0 Å². The molecule has 1 aromatic heterocycles. The molecule has 2 saturated carbocycles. The number of amides is 2. The topological polar surface area (TPSA) is 106 Å². The molecule has 3 fully saturated rings. The van der Waals surface area contributed by atoms with Crippen LogP contribution in [0, 0.1) is 45.6 Å². The third kappa shape index (κ3) is 1.65. The number of carbonyl (C=O) groups excluding carboxylic acids is 2. The van der Waals surface area contributed by atoms with E-state index >= 15 is 0 Å². The summed E-state index contributed by atoms with van der Waals surface area (Å²) in [5.41, 5.74) is 0. The summed E-state index contributed by atoms with van der Waals surface area (Å²) < 4.78 is 4.96. The summed E-state index contributed by atoms with van der Waals surface area (Å²) >= 11 is 0. The molecule has 0 radical (unpaired) electrons. The standard InChI is InChI=1S/C16H13N3O5/c20-15-13-8-2-3-9(11-5-10(8)11)14(13)16(21)18(15)17-6-7-1-4-12(24-7)19(22)23/h1-4,6,8-11,13-14H,5H2/t8-,9-,10-,11+,13-,14+/m0/s1. The van der Waals surface area contributed by atoms with Crippen molar-refractivity contribution in [2.45, 2.75) is 6.42 Å². The minimum Gasteiger partial charge on any atom is -0.400 e. The summed E-state index contributed by atoms with van der Waals surface area (Å²) in [5, 5.41) is 15.5. The molecule has 2 amide bonds. The van der Waals surface area contributed by atoms with Gasteiger partial charge in [0, 0.05) is 0 Å². The quantitative estimate of drug-likeness (QED) is 0.275. The number of rotatable bonds is 3. The Morgan fingerprint density at radius 1 is 1.17 bits per heavy atom. The monoisotopic (exact) mass is 327 g/mol. The first-order valence-corrected chi connectivity index (χ1v) is 7.90. The summed E-state index contributed by atoms with van der Waals surface area (Å²) in [6, 6.07) is 2.58. The first-order valence-electron chi connectivity index (χ1n) is 7.90.